The summed E-state index contributed by atoms with van der Waals surface area (Å²) < 4.78 is 1.54. The van der Waals surface area contributed by atoms with E-state index in [1.54, 1.807) is 4.68 Å². The molecule has 0 aliphatic carbocycles. The van der Waals surface area contributed by atoms with E-state index in [0.29, 0.717) is 0 Å². The summed E-state index contributed by atoms with van der Waals surface area (Å²) in [6, 6.07) is 9.70. The molecule has 0 spiro atoms. The maximum atomic E-state index is 10.6. The molecule has 0 aliphatic heterocycles. The van der Waals surface area contributed by atoms with E-state index in [0.717, 1.165) is 5.56 Å². The summed E-state index contributed by atoms with van der Waals surface area (Å²) in [6.07, 6.45) is 1.43. The lowest BCUT2D eigenvalue weighted by molar-refractivity contribution is 0.0683. The second-order valence-corrected chi connectivity index (χ2v) is 3.44. The third-order valence-corrected chi connectivity index (χ3v) is 2.38. The Morgan fingerprint density at radius 1 is 1.38 bits per heavy atom. The third kappa shape index (κ3) is 1.93. The summed E-state index contributed by atoms with van der Waals surface area (Å²) in [6.45, 7) is 1.94. The van der Waals surface area contributed by atoms with Crippen LogP contribution in [-0.2, 0) is 0 Å². The summed E-state index contributed by atoms with van der Waals surface area (Å²) in [4.78, 5) is 14.3. The van der Waals surface area contributed by atoms with Crippen LogP contribution < -0.4 is 0 Å². The Hall–Kier alpha value is -2.17. The molecule has 16 heavy (non-hydrogen) atoms. The van der Waals surface area contributed by atoms with Crippen molar-refractivity contribution in [2.24, 2.45) is 0 Å². The maximum absolute atomic E-state index is 10.6. The van der Waals surface area contributed by atoms with E-state index in [-0.39, 0.29) is 11.9 Å². The zero-order chi connectivity index (χ0) is 11.5. The highest BCUT2D eigenvalue weighted by atomic mass is 16.4. The van der Waals surface area contributed by atoms with Crippen molar-refractivity contribution in [3.63, 3.8) is 0 Å². The van der Waals surface area contributed by atoms with E-state index in [1.807, 2.05) is 37.3 Å². The van der Waals surface area contributed by atoms with Gasteiger partial charge in [0.15, 0.2) is 0 Å². The lowest BCUT2D eigenvalue weighted by atomic mass is 10.1. The fraction of sp³-hybridized carbons (Fsp3) is 0.182. The van der Waals surface area contributed by atoms with Gasteiger partial charge < -0.3 is 5.11 Å². The van der Waals surface area contributed by atoms with E-state index in [2.05, 4.69) is 10.1 Å². The standard InChI is InChI=1S/C11H11N3O2/c1-8(9-5-3-2-4-6-9)14-7-12-10(13-14)11(15)16/h2-8H,1H3,(H,15,16). The van der Waals surface area contributed by atoms with Crippen LogP contribution in [0, 0.1) is 0 Å². The van der Waals surface area contributed by atoms with E-state index in [1.165, 1.54) is 6.33 Å². The molecule has 82 valence electrons. The van der Waals surface area contributed by atoms with E-state index in [9.17, 15) is 4.79 Å². The van der Waals surface area contributed by atoms with Crippen molar-refractivity contribution >= 4 is 5.97 Å². The highest BCUT2D eigenvalue weighted by molar-refractivity contribution is 5.82. The quantitative estimate of drug-likeness (QED) is 0.847. The van der Waals surface area contributed by atoms with Crippen molar-refractivity contribution in [2.75, 3.05) is 0 Å². The molecule has 0 radical (unpaired) electrons. The predicted octanol–water partition coefficient (Wildman–Crippen LogP) is 1.59. The number of nitrogens with zero attached hydrogens (tertiary/aromatic N) is 3. The molecule has 0 saturated heterocycles. The SMILES string of the molecule is CC(c1ccccc1)n1cnc(C(=O)O)n1. The molecule has 0 amide bonds. The van der Waals surface area contributed by atoms with Gasteiger partial charge in [-0.3, -0.25) is 0 Å². The molecule has 5 nitrogen and oxygen atoms in total. The molecule has 0 aliphatic rings. The molecule has 1 unspecified atom stereocenters. The van der Waals surface area contributed by atoms with Crippen LogP contribution in [0.1, 0.15) is 29.1 Å². The van der Waals surface area contributed by atoms with Gasteiger partial charge in [-0.25, -0.2) is 14.5 Å². The number of carbonyl (C=O) groups is 1. The number of hydrogen-bond donors (Lipinski definition) is 1. The van der Waals surface area contributed by atoms with Gasteiger partial charge >= 0.3 is 5.97 Å². The predicted molar refractivity (Wildman–Crippen MR) is 57.2 cm³/mol. The smallest absolute Gasteiger partial charge is 0.375 e. The summed E-state index contributed by atoms with van der Waals surface area (Å²) in [5.74, 6) is -1.29. The topological polar surface area (TPSA) is 68.0 Å². The van der Waals surface area contributed by atoms with E-state index >= 15 is 0 Å². The molecule has 1 N–H and O–H groups in total. The Balaban J connectivity index is 2.27. The Kier molecular flexibility index (Phi) is 2.68. The molecule has 1 atom stereocenters. The molecular weight excluding hydrogens is 206 g/mol. The Bertz CT molecular complexity index is 493. The fourth-order valence-corrected chi connectivity index (χ4v) is 1.44. The fourth-order valence-electron chi connectivity index (χ4n) is 1.44. The minimum absolute atomic E-state index is 0.0261. The highest BCUT2D eigenvalue weighted by Gasteiger charge is 2.13. The number of rotatable bonds is 3. The van der Waals surface area contributed by atoms with Crippen LogP contribution in [0.2, 0.25) is 0 Å². The maximum Gasteiger partial charge on any atom is 0.375 e. The summed E-state index contributed by atoms with van der Waals surface area (Å²) in [5, 5.41) is 12.6. The van der Waals surface area contributed by atoms with Crippen molar-refractivity contribution in [3.05, 3.63) is 48.0 Å². The van der Waals surface area contributed by atoms with Crippen molar-refractivity contribution < 1.29 is 9.90 Å². The molecular formula is C11H11N3O2. The van der Waals surface area contributed by atoms with Gasteiger partial charge in [0.2, 0.25) is 0 Å². The van der Waals surface area contributed by atoms with Crippen LogP contribution in [0.4, 0.5) is 0 Å². The number of carboxylic acid groups (broad SMARTS) is 1. The normalized spacial score (nSPS) is 12.3. The van der Waals surface area contributed by atoms with Gasteiger partial charge in [-0.1, -0.05) is 30.3 Å². The average molecular weight is 217 g/mol. The van der Waals surface area contributed by atoms with Crippen molar-refractivity contribution in [2.45, 2.75) is 13.0 Å². The second kappa shape index (κ2) is 4.14. The number of hydrogen-bond acceptors (Lipinski definition) is 3. The van der Waals surface area contributed by atoms with Crippen LogP contribution in [0.15, 0.2) is 36.7 Å². The Morgan fingerprint density at radius 2 is 2.06 bits per heavy atom. The van der Waals surface area contributed by atoms with E-state index < -0.39 is 5.97 Å². The minimum atomic E-state index is -1.11. The van der Waals surface area contributed by atoms with Gasteiger partial charge in [-0.15, -0.1) is 5.10 Å². The molecule has 0 fully saturated rings. The lowest BCUT2D eigenvalue weighted by Crippen LogP contribution is -2.09. The van der Waals surface area contributed by atoms with Crippen molar-refractivity contribution in [1.82, 2.24) is 14.8 Å². The molecule has 0 bridgehead atoms. The van der Waals surface area contributed by atoms with Gasteiger partial charge in [-0.05, 0) is 12.5 Å². The van der Waals surface area contributed by atoms with Crippen LogP contribution in [-0.4, -0.2) is 25.8 Å². The third-order valence-electron chi connectivity index (χ3n) is 2.38. The lowest BCUT2D eigenvalue weighted by Gasteiger charge is -2.10. The van der Waals surface area contributed by atoms with Crippen molar-refractivity contribution in [3.8, 4) is 0 Å². The molecule has 1 aromatic carbocycles. The Labute approximate surface area is 92.4 Å². The van der Waals surface area contributed by atoms with Crippen LogP contribution in [0.5, 0.6) is 0 Å². The van der Waals surface area contributed by atoms with Crippen LogP contribution in [0.25, 0.3) is 0 Å². The van der Waals surface area contributed by atoms with Gasteiger partial charge in [0.25, 0.3) is 5.82 Å². The molecule has 5 heteroatoms. The van der Waals surface area contributed by atoms with Gasteiger partial charge in [0.05, 0.1) is 6.04 Å². The number of aromatic nitrogens is 3. The number of aromatic carboxylic acids is 1. The van der Waals surface area contributed by atoms with Crippen LogP contribution >= 0.6 is 0 Å². The average Bonchev–Trinajstić information content (AvgIpc) is 2.78. The van der Waals surface area contributed by atoms with Gasteiger partial charge in [0.1, 0.15) is 6.33 Å². The van der Waals surface area contributed by atoms with Crippen LogP contribution in [0.3, 0.4) is 0 Å². The molecule has 1 heterocycles. The first kappa shape index (κ1) is 10.4. The van der Waals surface area contributed by atoms with Gasteiger partial charge in [0, 0.05) is 0 Å². The largest absolute Gasteiger partial charge is 0.475 e. The second-order valence-electron chi connectivity index (χ2n) is 3.44. The Morgan fingerprint density at radius 3 is 2.62 bits per heavy atom. The minimum Gasteiger partial charge on any atom is -0.475 e. The molecule has 2 rings (SSSR count). The molecule has 2 aromatic rings. The first-order valence-corrected chi connectivity index (χ1v) is 4.88. The first-order chi connectivity index (χ1) is 7.68. The molecule has 0 saturated carbocycles. The zero-order valence-electron chi connectivity index (χ0n) is 8.74. The summed E-state index contributed by atoms with van der Waals surface area (Å²) >= 11 is 0. The highest BCUT2D eigenvalue weighted by Crippen LogP contribution is 2.15. The number of carboxylic acids is 1. The zero-order valence-corrected chi connectivity index (χ0v) is 8.74. The molecule has 1 aromatic heterocycles. The first-order valence-electron chi connectivity index (χ1n) is 4.88. The van der Waals surface area contributed by atoms with E-state index in [4.69, 9.17) is 5.11 Å². The summed E-state index contributed by atoms with van der Waals surface area (Å²) in [5.41, 5.74) is 1.06. The number of benzene rings is 1. The monoisotopic (exact) mass is 217 g/mol. The summed E-state index contributed by atoms with van der Waals surface area (Å²) in [7, 11) is 0. The van der Waals surface area contributed by atoms with Crippen molar-refractivity contribution in [1.29, 1.82) is 0 Å². The van der Waals surface area contributed by atoms with Gasteiger partial charge in [-0.2, -0.15) is 0 Å².